The number of pyridine rings is 1. The van der Waals surface area contributed by atoms with Gasteiger partial charge in [-0.3, -0.25) is 0 Å². The van der Waals surface area contributed by atoms with Gasteiger partial charge >= 0.3 is 0 Å². The topological polar surface area (TPSA) is 92.1 Å². The number of nitrogens with zero attached hydrogens (tertiary/aromatic N) is 2. The van der Waals surface area contributed by atoms with E-state index in [1.54, 1.807) is 24.3 Å². The molecule has 0 radical (unpaired) electrons. The molecular formula is C24H23N3O3S. The van der Waals surface area contributed by atoms with E-state index in [1.165, 1.54) is 6.20 Å². The van der Waals surface area contributed by atoms with Gasteiger partial charge in [0.25, 0.3) is 0 Å². The fraction of sp³-hybridized carbons (Fsp3) is 0.250. The molecule has 0 spiro atoms. The van der Waals surface area contributed by atoms with Gasteiger partial charge in [0.2, 0.25) is 15.9 Å². The Balaban J connectivity index is 1.32. The average molecular weight is 434 g/mol. The zero-order chi connectivity index (χ0) is 21.7. The molecule has 6 nitrogen and oxygen atoms in total. The van der Waals surface area contributed by atoms with Crippen LogP contribution in [0.4, 0.5) is 0 Å². The number of nitrogens with one attached hydrogen (secondary N) is 1. The second-order valence-electron chi connectivity index (χ2n) is 7.60. The molecule has 1 aromatic heterocycles. The number of rotatable bonds is 6. The Bertz CT molecular complexity index is 1150. The first-order chi connectivity index (χ1) is 15.0. The Morgan fingerprint density at radius 2 is 1.58 bits per heavy atom. The smallest absolute Gasteiger partial charge is 0.240 e. The van der Waals surface area contributed by atoms with Gasteiger partial charge in [-0.15, -0.1) is 0 Å². The summed E-state index contributed by atoms with van der Waals surface area (Å²) in [6, 6.07) is 22.1. The molecule has 0 aliphatic heterocycles. The van der Waals surface area contributed by atoms with Crippen LogP contribution in [0.2, 0.25) is 0 Å². The highest BCUT2D eigenvalue weighted by Crippen LogP contribution is 2.25. The lowest BCUT2D eigenvalue weighted by Gasteiger charge is -2.29. The Kier molecular flexibility index (Phi) is 6.31. The number of nitriles is 1. The van der Waals surface area contributed by atoms with Crippen molar-refractivity contribution in [2.75, 3.05) is 0 Å². The Labute approximate surface area is 182 Å². The van der Waals surface area contributed by atoms with Gasteiger partial charge in [0.1, 0.15) is 12.2 Å². The largest absolute Gasteiger partial charge is 0.474 e. The molecule has 31 heavy (non-hydrogen) atoms. The molecule has 1 aliphatic carbocycles. The molecule has 0 saturated heterocycles. The lowest BCUT2D eigenvalue weighted by atomic mass is 9.94. The summed E-state index contributed by atoms with van der Waals surface area (Å²) in [6.45, 7) is 0. The van der Waals surface area contributed by atoms with Crippen LogP contribution >= 0.6 is 0 Å². The monoisotopic (exact) mass is 433 g/mol. The first kappa shape index (κ1) is 21.0. The van der Waals surface area contributed by atoms with E-state index in [2.05, 4.69) is 9.71 Å². The summed E-state index contributed by atoms with van der Waals surface area (Å²) >= 11 is 0. The second kappa shape index (κ2) is 9.29. The number of hydrogen-bond acceptors (Lipinski definition) is 5. The third-order valence-corrected chi connectivity index (χ3v) is 6.96. The van der Waals surface area contributed by atoms with E-state index in [0.29, 0.717) is 24.3 Å². The van der Waals surface area contributed by atoms with Crippen molar-refractivity contribution in [3.05, 3.63) is 78.5 Å². The number of aromatic nitrogens is 1. The highest BCUT2D eigenvalue weighted by molar-refractivity contribution is 7.89. The molecule has 0 unspecified atom stereocenters. The molecule has 3 aromatic rings. The number of benzene rings is 2. The Morgan fingerprint density at radius 1 is 0.903 bits per heavy atom. The van der Waals surface area contributed by atoms with Gasteiger partial charge in [0, 0.05) is 18.3 Å². The fourth-order valence-electron chi connectivity index (χ4n) is 3.73. The first-order valence-corrected chi connectivity index (χ1v) is 11.7. The van der Waals surface area contributed by atoms with Crippen LogP contribution in [-0.2, 0) is 10.0 Å². The third-order valence-electron chi connectivity index (χ3n) is 5.42. The molecular weight excluding hydrogens is 410 g/mol. The maximum atomic E-state index is 12.8. The van der Waals surface area contributed by atoms with E-state index in [9.17, 15) is 8.42 Å². The van der Waals surface area contributed by atoms with Crippen LogP contribution in [0.15, 0.2) is 77.8 Å². The predicted molar refractivity (Wildman–Crippen MR) is 118 cm³/mol. The molecule has 2 aromatic carbocycles. The average Bonchev–Trinajstić information content (AvgIpc) is 2.81. The summed E-state index contributed by atoms with van der Waals surface area (Å²) in [4.78, 5) is 4.41. The summed E-state index contributed by atoms with van der Waals surface area (Å²) in [6.07, 6.45) is 4.35. The first-order valence-electron chi connectivity index (χ1n) is 10.2. The van der Waals surface area contributed by atoms with E-state index in [4.69, 9.17) is 10.00 Å². The summed E-state index contributed by atoms with van der Waals surface area (Å²) in [7, 11) is -3.58. The molecule has 1 heterocycles. The summed E-state index contributed by atoms with van der Waals surface area (Å²) in [5.74, 6) is 0.488. The molecule has 7 heteroatoms. The van der Waals surface area contributed by atoms with Gasteiger partial charge < -0.3 is 4.74 Å². The predicted octanol–water partition coefficient (Wildman–Crippen LogP) is 4.29. The van der Waals surface area contributed by atoms with Crippen molar-refractivity contribution in [3.63, 3.8) is 0 Å². The van der Waals surface area contributed by atoms with Crippen molar-refractivity contribution in [3.8, 4) is 23.1 Å². The number of ether oxygens (including phenoxy) is 1. The molecule has 1 N–H and O–H groups in total. The summed E-state index contributed by atoms with van der Waals surface area (Å²) in [5, 5.41) is 8.83. The molecule has 0 bridgehead atoms. The molecule has 158 valence electrons. The fourth-order valence-corrected chi connectivity index (χ4v) is 5.04. The van der Waals surface area contributed by atoms with E-state index in [0.717, 1.165) is 24.0 Å². The quantitative estimate of drug-likeness (QED) is 0.626. The van der Waals surface area contributed by atoms with Crippen LogP contribution in [0.1, 0.15) is 31.2 Å². The van der Waals surface area contributed by atoms with Crippen molar-refractivity contribution in [2.24, 2.45) is 0 Å². The molecule has 0 amide bonds. The minimum atomic E-state index is -3.58. The van der Waals surface area contributed by atoms with Crippen LogP contribution < -0.4 is 9.46 Å². The highest BCUT2D eigenvalue weighted by Gasteiger charge is 2.27. The van der Waals surface area contributed by atoms with E-state index in [1.807, 2.05) is 48.5 Å². The zero-order valence-electron chi connectivity index (χ0n) is 16.9. The zero-order valence-corrected chi connectivity index (χ0v) is 17.8. The molecule has 1 saturated carbocycles. The van der Waals surface area contributed by atoms with Gasteiger partial charge in [-0.25, -0.2) is 18.1 Å². The van der Waals surface area contributed by atoms with Crippen molar-refractivity contribution in [1.29, 1.82) is 5.26 Å². The Morgan fingerprint density at radius 3 is 2.19 bits per heavy atom. The third kappa shape index (κ3) is 5.29. The maximum absolute atomic E-state index is 12.8. The van der Waals surface area contributed by atoms with Crippen LogP contribution in [0.5, 0.6) is 5.88 Å². The van der Waals surface area contributed by atoms with Crippen molar-refractivity contribution >= 4 is 10.0 Å². The van der Waals surface area contributed by atoms with Gasteiger partial charge in [0.15, 0.2) is 0 Å². The summed E-state index contributed by atoms with van der Waals surface area (Å²) in [5.41, 5.74) is 2.52. The van der Waals surface area contributed by atoms with Crippen LogP contribution in [-0.4, -0.2) is 25.5 Å². The molecule has 1 fully saturated rings. The van der Waals surface area contributed by atoms with E-state index >= 15 is 0 Å². The van der Waals surface area contributed by atoms with Gasteiger partial charge in [-0.2, -0.15) is 5.26 Å². The lowest BCUT2D eigenvalue weighted by molar-refractivity contribution is 0.138. The SMILES string of the molecule is N#Cc1ccc(OC2CCC(NS(=O)(=O)c3ccc(-c4ccccc4)cc3)CC2)nc1. The lowest BCUT2D eigenvalue weighted by Crippen LogP contribution is -2.39. The van der Waals surface area contributed by atoms with Gasteiger partial charge in [0.05, 0.1) is 10.5 Å². The minimum Gasteiger partial charge on any atom is -0.474 e. The van der Waals surface area contributed by atoms with Crippen LogP contribution in [0, 0.1) is 11.3 Å². The normalized spacial score (nSPS) is 18.8. The van der Waals surface area contributed by atoms with Crippen LogP contribution in [0.3, 0.4) is 0 Å². The molecule has 1 aliphatic rings. The minimum absolute atomic E-state index is 0.00801. The number of hydrogen-bond donors (Lipinski definition) is 1. The standard InChI is InChI=1S/C24H23N3O3S/c25-16-18-6-15-24(26-17-18)30-22-11-9-21(10-12-22)27-31(28,29)23-13-7-20(8-14-23)19-4-2-1-3-5-19/h1-8,13-15,17,21-22,27H,9-12H2. The molecule has 4 rings (SSSR count). The maximum Gasteiger partial charge on any atom is 0.240 e. The van der Waals surface area contributed by atoms with Gasteiger partial charge in [-0.1, -0.05) is 42.5 Å². The highest BCUT2D eigenvalue weighted by atomic mass is 32.2. The van der Waals surface area contributed by atoms with Crippen molar-refractivity contribution in [2.45, 2.75) is 42.7 Å². The van der Waals surface area contributed by atoms with Crippen LogP contribution in [0.25, 0.3) is 11.1 Å². The van der Waals surface area contributed by atoms with E-state index < -0.39 is 10.0 Å². The molecule has 0 atom stereocenters. The van der Waals surface area contributed by atoms with E-state index in [-0.39, 0.29) is 17.0 Å². The van der Waals surface area contributed by atoms with Gasteiger partial charge in [-0.05, 0) is 55.0 Å². The summed E-state index contributed by atoms with van der Waals surface area (Å²) < 4.78 is 34.3. The number of sulfonamides is 1. The van der Waals surface area contributed by atoms with Crippen molar-refractivity contribution < 1.29 is 13.2 Å². The second-order valence-corrected chi connectivity index (χ2v) is 9.31. The van der Waals surface area contributed by atoms with Crippen molar-refractivity contribution in [1.82, 2.24) is 9.71 Å². The Hall–Kier alpha value is -3.21.